The van der Waals surface area contributed by atoms with Gasteiger partial charge in [0, 0.05) is 18.6 Å². The highest BCUT2D eigenvalue weighted by molar-refractivity contribution is 9.10. The number of nitrogens with two attached hydrogens (primary N) is 2. The smallest absolute Gasteiger partial charge is 0.211 e. The summed E-state index contributed by atoms with van der Waals surface area (Å²) in [6.45, 7) is 0. The maximum atomic E-state index is 6.10. The second-order valence-corrected chi connectivity index (χ2v) is 5.56. The molecule has 0 aliphatic heterocycles. The third kappa shape index (κ3) is 4.34. The van der Waals surface area contributed by atoms with Crippen molar-refractivity contribution in [3.8, 4) is 5.69 Å². The normalized spacial score (nSPS) is 11.0. The van der Waals surface area contributed by atoms with Crippen molar-refractivity contribution >= 4 is 39.7 Å². The van der Waals surface area contributed by atoms with Gasteiger partial charge in [-0.15, -0.1) is 5.10 Å². The molecular weight excluding hydrogens is 354 g/mol. The zero-order valence-corrected chi connectivity index (χ0v) is 13.5. The average molecular weight is 369 g/mol. The molecule has 0 fully saturated rings. The van der Waals surface area contributed by atoms with Gasteiger partial charge in [-0.2, -0.15) is 5.10 Å². The summed E-state index contributed by atoms with van der Waals surface area (Å²) in [6, 6.07) is 7.82. The number of nitrogens with zero attached hydrogens (tertiary/aromatic N) is 3. The van der Waals surface area contributed by atoms with Gasteiger partial charge in [0.1, 0.15) is 0 Å². The molecule has 1 aromatic carbocycles. The minimum atomic E-state index is -0.0387. The fourth-order valence-electron chi connectivity index (χ4n) is 1.83. The Bertz CT molecular complexity index is 674. The molecule has 21 heavy (non-hydrogen) atoms. The van der Waals surface area contributed by atoms with Crippen LogP contribution in [0.4, 0.5) is 0 Å². The number of aryl methyl sites for hydroxylation is 1. The zero-order chi connectivity index (χ0) is 15.2. The van der Waals surface area contributed by atoms with E-state index in [9.17, 15) is 0 Å². The summed E-state index contributed by atoms with van der Waals surface area (Å²) in [5.41, 5.74) is 12.5. The van der Waals surface area contributed by atoms with Gasteiger partial charge in [-0.05, 0) is 52.5 Å². The fraction of sp³-hybridized carbons (Fsp3) is 0.143. The molecule has 0 amide bonds. The zero-order valence-electron chi connectivity index (χ0n) is 11.2. The molecule has 0 spiro atoms. The Morgan fingerprint density at radius 3 is 2.90 bits per heavy atom. The highest BCUT2D eigenvalue weighted by atomic mass is 79.9. The lowest BCUT2D eigenvalue weighted by atomic mass is 10.2. The fourth-order valence-corrected chi connectivity index (χ4v) is 2.47. The Hall–Kier alpha value is -1.79. The summed E-state index contributed by atoms with van der Waals surface area (Å²) in [7, 11) is 0. The van der Waals surface area contributed by atoms with E-state index in [-0.39, 0.29) is 5.96 Å². The molecule has 0 saturated carbocycles. The predicted molar refractivity (Wildman–Crippen MR) is 91.1 cm³/mol. The van der Waals surface area contributed by atoms with Crippen LogP contribution in [0.15, 0.2) is 51.3 Å². The molecule has 0 aliphatic carbocycles. The molecule has 110 valence electrons. The number of benzene rings is 1. The van der Waals surface area contributed by atoms with Crippen molar-refractivity contribution in [1.29, 1.82) is 0 Å². The van der Waals surface area contributed by atoms with Crippen LogP contribution >= 0.6 is 27.5 Å². The first-order valence-corrected chi connectivity index (χ1v) is 7.46. The number of hydrogen-bond donors (Lipinski definition) is 2. The second kappa shape index (κ2) is 7.28. The lowest BCUT2D eigenvalue weighted by Gasteiger charge is -2.06. The topological polar surface area (TPSA) is 81.7 Å². The molecule has 0 atom stereocenters. The van der Waals surface area contributed by atoms with Gasteiger partial charge in [0.15, 0.2) is 0 Å². The second-order valence-electron chi connectivity index (χ2n) is 4.36. The summed E-state index contributed by atoms with van der Waals surface area (Å²) in [4.78, 5) is 0. The van der Waals surface area contributed by atoms with E-state index in [1.165, 1.54) is 5.56 Å². The largest absolute Gasteiger partial charge is 0.369 e. The van der Waals surface area contributed by atoms with Crippen molar-refractivity contribution in [3.63, 3.8) is 0 Å². The molecule has 0 unspecified atom stereocenters. The number of aromatic nitrogens is 1. The minimum absolute atomic E-state index is 0.0387. The molecular formula is C14H15BrClN5. The van der Waals surface area contributed by atoms with Gasteiger partial charge in [-0.25, -0.2) is 0 Å². The minimum Gasteiger partial charge on any atom is -0.369 e. The van der Waals surface area contributed by atoms with Gasteiger partial charge in [-0.1, -0.05) is 17.7 Å². The van der Waals surface area contributed by atoms with Crippen LogP contribution in [-0.4, -0.2) is 16.7 Å². The first-order valence-electron chi connectivity index (χ1n) is 6.29. The van der Waals surface area contributed by atoms with E-state index in [2.05, 4.69) is 38.4 Å². The Labute approximate surface area is 136 Å². The van der Waals surface area contributed by atoms with E-state index in [1.54, 1.807) is 6.21 Å². The number of rotatable bonds is 5. The van der Waals surface area contributed by atoms with Crippen LogP contribution in [0.1, 0.15) is 12.0 Å². The molecule has 0 aliphatic rings. The molecule has 2 rings (SSSR count). The third-order valence-electron chi connectivity index (χ3n) is 2.78. The Kier molecular flexibility index (Phi) is 5.41. The predicted octanol–water partition coefficient (Wildman–Crippen LogP) is 3.09. The van der Waals surface area contributed by atoms with Gasteiger partial charge in [0.05, 0.1) is 15.2 Å². The average Bonchev–Trinajstić information content (AvgIpc) is 2.90. The van der Waals surface area contributed by atoms with E-state index in [4.69, 9.17) is 23.1 Å². The van der Waals surface area contributed by atoms with Crippen molar-refractivity contribution in [1.82, 2.24) is 4.57 Å². The maximum absolute atomic E-state index is 6.10. The van der Waals surface area contributed by atoms with E-state index in [1.807, 2.05) is 29.0 Å². The lowest BCUT2D eigenvalue weighted by Crippen LogP contribution is -2.21. The molecule has 7 heteroatoms. The van der Waals surface area contributed by atoms with Crippen LogP contribution in [0, 0.1) is 0 Å². The van der Waals surface area contributed by atoms with E-state index in [0.29, 0.717) is 5.02 Å². The van der Waals surface area contributed by atoms with Crippen LogP contribution in [0.5, 0.6) is 0 Å². The summed E-state index contributed by atoms with van der Waals surface area (Å²) in [5, 5.41) is 7.99. The number of hydrogen-bond acceptors (Lipinski definition) is 2. The Morgan fingerprint density at radius 1 is 1.33 bits per heavy atom. The first kappa shape index (κ1) is 15.6. The monoisotopic (exact) mass is 367 g/mol. The van der Waals surface area contributed by atoms with Crippen LogP contribution in [0.25, 0.3) is 5.69 Å². The standard InChI is InChI=1S/C14H15BrClN5/c15-13-11(16)4-1-5-12(13)21-8-6-10(9-21)3-2-7-19-20-14(17)18/h1,4-9H,2-3H2,(H4,17,18,20). The van der Waals surface area contributed by atoms with Gasteiger partial charge in [-0.3, -0.25) is 0 Å². The molecule has 4 N–H and O–H groups in total. The molecule has 1 aromatic heterocycles. The van der Waals surface area contributed by atoms with E-state index >= 15 is 0 Å². The summed E-state index contributed by atoms with van der Waals surface area (Å²) < 4.78 is 2.90. The Balaban J connectivity index is 2.03. The highest BCUT2D eigenvalue weighted by Crippen LogP contribution is 2.29. The molecule has 1 heterocycles. The third-order valence-corrected chi connectivity index (χ3v) is 4.16. The summed E-state index contributed by atoms with van der Waals surface area (Å²) >= 11 is 9.60. The first-order chi connectivity index (χ1) is 10.1. The van der Waals surface area contributed by atoms with Crippen LogP contribution in [-0.2, 0) is 6.42 Å². The maximum Gasteiger partial charge on any atom is 0.211 e. The highest BCUT2D eigenvalue weighted by Gasteiger charge is 2.06. The number of halogens is 2. The molecule has 0 radical (unpaired) electrons. The molecule has 5 nitrogen and oxygen atoms in total. The van der Waals surface area contributed by atoms with Gasteiger partial charge < -0.3 is 16.0 Å². The SMILES string of the molecule is NC(N)=NN=CCCc1ccn(-c2cccc(Cl)c2Br)c1. The van der Waals surface area contributed by atoms with Crippen LogP contribution in [0.2, 0.25) is 5.02 Å². The summed E-state index contributed by atoms with van der Waals surface area (Å²) in [5.74, 6) is -0.0387. The van der Waals surface area contributed by atoms with Gasteiger partial charge in [0.2, 0.25) is 5.96 Å². The molecule has 2 aromatic rings. The molecule has 0 bridgehead atoms. The lowest BCUT2D eigenvalue weighted by molar-refractivity contribution is 1.02. The summed E-state index contributed by atoms with van der Waals surface area (Å²) in [6.07, 6.45) is 7.36. The van der Waals surface area contributed by atoms with Gasteiger partial charge >= 0.3 is 0 Å². The van der Waals surface area contributed by atoms with Crippen molar-refractivity contribution in [2.24, 2.45) is 21.7 Å². The molecule has 0 saturated heterocycles. The van der Waals surface area contributed by atoms with Crippen LogP contribution < -0.4 is 11.5 Å². The van der Waals surface area contributed by atoms with Gasteiger partial charge in [0.25, 0.3) is 0 Å². The quantitative estimate of drug-likeness (QED) is 0.483. The van der Waals surface area contributed by atoms with Crippen molar-refractivity contribution in [2.45, 2.75) is 12.8 Å². The van der Waals surface area contributed by atoms with E-state index in [0.717, 1.165) is 23.0 Å². The van der Waals surface area contributed by atoms with Crippen molar-refractivity contribution in [3.05, 3.63) is 51.7 Å². The van der Waals surface area contributed by atoms with Crippen LogP contribution in [0.3, 0.4) is 0 Å². The van der Waals surface area contributed by atoms with Crippen molar-refractivity contribution in [2.75, 3.05) is 0 Å². The van der Waals surface area contributed by atoms with E-state index < -0.39 is 0 Å². The number of guanidine groups is 1. The van der Waals surface area contributed by atoms with Crippen molar-refractivity contribution < 1.29 is 0 Å². The Morgan fingerprint density at radius 2 is 2.14 bits per heavy atom.